The summed E-state index contributed by atoms with van der Waals surface area (Å²) in [5.41, 5.74) is 3.02. The minimum absolute atomic E-state index is 0.313. The zero-order chi connectivity index (χ0) is 26.2. The second kappa shape index (κ2) is 13.2. The quantitative estimate of drug-likeness (QED) is 0.305. The van der Waals surface area contributed by atoms with Crippen molar-refractivity contribution in [2.24, 2.45) is 0 Å². The first-order chi connectivity index (χ1) is 18.7. The van der Waals surface area contributed by atoms with Gasteiger partial charge in [0.1, 0.15) is 30.2 Å². The van der Waals surface area contributed by atoms with Crippen LogP contribution in [0.25, 0.3) is 0 Å². The van der Waals surface area contributed by atoms with Crippen molar-refractivity contribution in [1.82, 2.24) is 0 Å². The lowest BCUT2D eigenvalue weighted by Gasteiger charge is -2.41. The highest BCUT2D eigenvalue weighted by Gasteiger charge is 2.54. The summed E-state index contributed by atoms with van der Waals surface area (Å²) in [6, 6.07) is 27.7. The van der Waals surface area contributed by atoms with Crippen LogP contribution >= 0.6 is 0 Å². The van der Waals surface area contributed by atoms with Gasteiger partial charge in [0.05, 0.1) is 33.5 Å². The van der Waals surface area contributed by atoms with Crippen molar-refractivity contribution in [1.29, 1.82) is 0 Å². The Morgan fingerprint density at radius 1 is 0.763 bits per heavy atom. The molecule has 0 aliphatic carbocycles. The molecule has 0 radical (unpaired) electrons. The standard InChI is InChI=1S/C31H34O7/c1-3-18-34-31-29(35-20-23-12-8-5-9-13-23)28-27(26(36-31)21-33-19-22-10-6-4-7-11-22)37-30(38-28)24-14-16-25(32-2)17-15-24/h3-17,26-31H,1,18-21H2,2H3/t26-,27+,28+,29-,30+,31+/m1/s1. The van der Waals surface area contributed by atoms with Gasteiger partial charge in [-0.25, -0.2) is 0 Å². The Kier molecular flexibility index (Phi) is 9.19. The maximum absolute atomic E-state index is 6.50. The third-order valence-corrected chi connectivity index (χ3v) is 6.60. The summed E-state index contributed by atoms with van der Waals surface area (Å²) >= 11 is 0. The monoisotopic (exact) mass is 518 g/mol. The van der Waals surface area contributed by atoms with E-state index in [2.05, 4.69) is 6.58 Å². The normalized spacial score (nSPS) is 26.6. The lowest BCUT2D eigenvalue weighted by molar-refractivity contribution is -0.293. The molecular weight excluding hydrogens is 484 g/mol. The van der Waals surface area contributed by atoms with Crippen LogP contribution in [0, 0.1) is 0 Å². The Balaban J connectivity index is 1.35. The van der Waals surface area contributed by atoms with E-state index >= 15 is 0 Å². The van der Waals surface area contributed by atoms with Gasteiger partial charge in [-0.2, -0.15) is 0 Å². The SMILES string of the molecule is C=CCO[C@H]1O[C@H](COCc2ccccc2)[C@@H]2O[C@H](c3ccc(OC)cc3)O[C@@H]2[C@H]1OCc1ccccc1. The van der Waals surface area contributed by atoms with E-state index in [1.54, 1.807) is 13.2 Å². The van der Waals surface area contributed by atoms with Crippen molar-refractivity contribution in [3.05, 3.63) is 114 Å². The second-order valence-corrected chi connectivity index (χ2v) is 9.23. The Hall–Kier alpha value is -3.04. The summed E-state index contributed by atoms with van der Waals surface area (Å²) in [6.45, 7) is 5.26. The summed E-state index contributed by atoms with van der Waals surface area (Å²) in [5, 5.41) is 0. The summed E-state index contributed by atoms with van der Waals surface area (Å²) in [6.07, 6.45) is -1.36. The molecule has 0 saturated carbocycles. The second-order valence-electron chi connectivity index (χ2n) is 9.23. The molecule has 0 bridgehead atoms. The average molecular weight is 519 g/mol. The lowest BCUT2D eigenvalue weighted by atomic mass is 9.99. The molecule has 0 amide bonds. The summed E-state index contributed by atoms with van der Waals surface area (Å²) in [4.78, 5) is 0. The van der Waals surface area contributed by atoms with Crippen LogP contribution in [0.1, 0.15) is 23.0 Å². The van der Waals surface area contributed by atoms with Crippen LogP contribution in [0.5, 0.6) is 5.75 Å². The maximum Gasteiger partial charge on any atom is 0.187 e. The molecule has 2 aliphatic heterocycles. The maximum atomic E-state index is 6.50. The lowest BCUT2D eigenvalue weighted by Crippen LogP contribution is -2.59. The van der Waals surface area contributed by atoms with E-state index < -0.39 is 37.0 Å². The fourth-order valence-corrected chi connectivity index (χ4v) is 4.67. The Labute approximate surface area is 223 Å². The first kappa shape index (κ1) is 26.6. The highest BCUT2D eigenvalue weighted by Crippen LogP contribution is 2.41. The summed E-state index contributed by atoms with van der Waals surface area (Å²) < 4.78 is 43.2. The molecule has 2 saturated heterocycles. The van der Waals surface area contributed by atoms with E-state index in [0.29, 0.717) is 26.4 Å². The fraction of sp³-hybridized carbons (Fsp3) is 0.355. The third kappa shape index (κ3) is 6.50. The van der Waals surface area contributed by atoms with Crippen molar-refractivity contribution in [3.63, 3.8) is 0 Å². The van der Waals surface area contributed by atoms with Gasteiger partial charge in [0.15, 0.2) is 12.6 Å². The molecule has 0 aromatic heterocycles. The first-order valence-corrected chi connectivity index (χ1v) is 12.8. The van der Waals surface area contributed by atoms with Crippen LogP contribution in [0.2, 0.25) is 0 Å². The van der Waals surface area contributed by atoms with Crippen LogP contribution in [0.15, 0.2) is 97.6 Å². The van der Waals surface area contributed by atoms with Gasteiger partial charge in [0.2, 0.25) is 0 Å². The van der Waals surface area contributed by atoms with Gasteiger partial charge in [0.25, 0.3) is 0 Å². The van der Waals surface area contributed by atoms with Crippen LogP contribution in [0.4, 0.5) is 0 Å². The zero-order valence-electron chi connectivity index (χ0n) is 21.5. The van der Waals surface area contributed by atoms with E-state index in [1.807, 2.05) is 84.9 Å². The van der Waals surface area contributed by atoms with Crippen molar-refractivity contribution in [2.75, 3.05) is 20.3 Å². The summed E-state index contributed by atoms with van der Waals surface area (Å²) in [7, 11) is 1.64. The largest absolute Gasteiger partial charge is 0.497 e. The Morgan fingerprint density at radius 2 is 1.42 bits per heavy atom. The van der Waals surface area contributed by atoms with E-state index in [4.69, 9.17) is 33.2 Å². The van der Waals surface area contributed by atoms with Gasteiger partial charge in [-0.1, -0.05) is 78.9 Å². The number of fused-ring (bicyclic) bond motifs is 1. The number of benzene rings is 3. The van der Waals surface area contributed by atoms with E-state index in [1.165, 1.54) is 0 Å². The molecule has 2 fully saturated rings. The molecule has 38 heavy (non-hydrogen) atoms. The predicted octanol–water partition coefficient (Wildman–Crippen LogP) is 5.21. The van der Waals surface area contributed by atoms with Gasteiger partial charge in [-0.05, 0) is 23.3 Å². The van der Waals surface area contributed by atoms with Crippen LogP contribution in [-0.4, -0.2) is 51.0 Å². The van der Waals surface area contributed by atoms with Gasteiger partial charge < -0.3 is 33.2 Å². The van der Waals surface area contributed by atoms with Gasteiger partial charge in [-0.15, -0.1) is 6.58 Å². The van der Waals surface area contributed by atoms with Gasteiger partial charge in [0, 0.05) is 5.56 Å². The van der Waals surface area contributed by atoms with Crippen molar-refractivity contribution in [3.8, 4) is 5.75 Å². The first-order valence-electron chi connectivity index (χ1n) is 12.8. The van der Waals surface area contributed by atoms with Gasteiger partial charge in [-0.3, -0.25) is 0 Å². The zero-order valence-corrected chi connectivity index (χ0v) is 21.5. The smallest absolute Gasteiger partial charge is 0.187 e. The molecule has 3 aromatic rings. The molecule has 5 rings (SSSR count). The molecule has 2 aliphatic rings. The number of hydrogen-bond donors (Lipinski definition) is 0. The molecule has 0 N–H and O–H groups in total. The number of methoxy groups -OCH3 is 1. The Bertz CT molecular complexity index is 1120. The minimum atomic E-state index is -0.679. The molecule has 200 valence electrons. The number of rotatable bonds is 12. The Morgan fingerprint density at radius 3 is 2.08 bits per heavy atom. The predicted molar refractivity (Wildman–Crippen MR) is 141 cm³/mol. The van der Waals surface area contributed by atoms with Crippen LogP contribution < -0.4 is 4.74 Å². The van der Waals surface area contributed by atoms with E-state index in [-0.39, 0.29) is 0 Å². The van der Waals surface area contributed by atoms with Gasteiger partial charge >= 0.3 is 0 Å². The highest BCUT2D eigenvalue weighted by atomic mass is 16.8. The number of ether oxygens (including phenoxy) is 7. The molecular formula is C31H34O7. The molecule has 7 heteroatoms. The summed E-state index contributed by atoms with van der Waals surface area (Å²) in [5.74, 6) is 0.765. The van der Waals surface area contributed by atoms with Crippen LogP contribution in [-0.2, 0) is 41.6 Å². The van der Waals surface area contributed by atoms with Crippen molar-refractivity contribution in [2.45, 2.75) is 50.2 Å². The van der Waals surface area contributed by atoms with E-state index in [0.717, 1.165) is 22.4 Å². The van der Waals surface area contributed by atoms with E-state index in [9.17, 15) is 0 Å². The molecule has 2 heterocycles. The fourth-order valence-electron chi connectivity index (χ4n) is 4.67. The molecule has 7 nitrogen and oxygen atoms in total. The molecule has 0 unspecified atom stereocenters. The van der Waals surface area contributed by atoms with Crippen molar-refractivity contribution >= 4 is 0 Å². The highest BCUT2D eigenvalue weighted by molar-refractivity contribution is 5.28. The molecule has 0 spiro atoms. The van der Waals surface area contributed by atoms with Crippen LogP contribution in [0.3, 0.4) is 0 Å². The topological polar surface area (TPSA) is 64.6 Å². The number of hydrogen-bond acceptors (Lipinski definition) is 7. The van der Waals surface area contributed by atoms with Crippen molar-refractivity contribution < 1.29 is 33.2 Å². The molecule has 6 atom stereocenters. The minimum Gasteiger partial charge on any atom is -0.497 e. The third-order valence-electron chi connectivity index (χ3n) is 6.60. The molecule has 3 aromatic carbocycles. The average Bonchev–Trinajstić information content (AvgIpc) is 3.42.